The molecule has 4 aliphatic rings. The topological polar surface area (TPSA) is 166 Å². The molecule has 59 heavy (non-hydrogen) atoms. The summed E-state index contributed by atoms with van der Waals surface area (Å²) in [5.74, 6) is -0.674. The molecule has 2 aromatic heterocycles. The largest absolute Gasteiger partial charge is 0.371 e. The number of likely N-dealkylation sites (tertiary alicyclic amines) is 1. The molecular formula is C45H49N9O5. The minimum atomic E-state index is -0.983. The number of H-pyrrole nitrogens is 1. The molecule has 2 unspecified atom stereocenters. The van der Waals surface area contributed by atoms with Crippen LogP contribution >= 0.6 is 0 Å². The summed E-state index contributed by atoms with van der Waals surface area (Å²) in [6, 6.07) is 18.5. The van der Waals surface area contributed by atoms with Crippen LogP contribution in [0.2, 0.25) is 0 Å². The van der Waals surface area contributed by atoms with Crippen molar-refractivity contribution in [3.8, 4) is 11.1 Å². The second-order valence-electron chi connectivity index (χ2n) is 16.6. The van der Waals surface area contributed by atoms with Gasteiger partial charge in [0.2, 0.25) is 11.8 Å². The molecule has 3 aromatic carbocycles. The first kappa shape index (κ1) is 38.4. The zero-order chi connectivity index (χ0) is 40.8. The van der Waals surface area contributed by atoms with Crippen molar-refractivity contribution in [2.24, 2.45) is 5.92 Å². The van der Waals surface area contributed by atoms with Crippen molar-refractivity contribution in [2.45, 2.75) is 89.9 Å². The van der Waals surface area contributed by atoms with Gasteiger partial charge in [-0.15, -0.1) is 0 Å². The van der Waals surface area contributed by atoms with Crippen LogP contribution in [0.3, 0.4) is 0 Å². The second kappa shape index (κ2) is 15.9. The van der Waals surface area contributed by atoms with Gasteiger partial charge in [0.15, 0.2) is 0 Å². The van der Waals surface area contributed by atoms with Crippen LogP contribution in [-0.2, 0) is 16.1 Å². The second-order valence-corrected chi connectivity index (χ2v) is 16.6. The van der Waals surface area contributed by atoms with Crippen molar-refractivity contribution < 1.29 is 24.0 Å². The van der Waals surface area contributed by atoms with Crippen LogP contribution in [-0.4, -0.2) is 90.8 Å². The lowest BCUT2D eigenvalue weighted by molar-refractivity contribution is -0.136. The first-order valence-electron chi connectivity index (χ1n) is 20.9. The van der Waals surface area contributed by atoms with Crippen molar-refractivity contribution in [1.29, 1.82) is 0 Å². The summed E-state index contributed by atoms with van der Waals surface area (Å²) in [7, 11) is 0. The smallest absolute Gasteiger partial charge is 0.264 e. The lowest BCUT2D eigenvalue weighted by atomic mass is 9.90. The molecule has 0 spiro atoms. The molecule has 14 heteroatoms. The van der Waals surface area contributed by atoms with Gasteiger partial charge in [-0.25, -0.2) is 4.98 Å². The van der Waals surface area contributed by atoms with E-state index in [2.05, 4.69) is 50.6 Å². The summed E-state index contributed by atoms with van der Waals surface area (Å²) in [5, 5.41) is 9.98. The first-order valence-corrected chi connectivity index (χ1v) is 20.9. The number of nitrogens with one attached hydrogen (secondary N) is 3. The number of imidazole rings is 1. The summed E-state index contributed by atoms with van der Waals surface area (Å²) < 4.78 is 2.01. The number of carbonyl (C=O) groups is 5. The maximum atomic E-state index is 13.6. The quantitative estimate of drug-likeness (QED) is 0.130. The van der Waals surface area contributed by atoms with Crippen molar-refractivity contribution >= 4 is 51.9 Å². The van der Waals surface area contributed by atoms with Crippen LogP contribution < -0.4 is 15.5 Å². The highest BCUT2D eigenvalue weighted by atomic mass is 16.2. The van der Waals surface area contributed by atoms with E-state index in [9.17, 15) is 24.0 Å². The fourth-order valence-corrected chi connectivity index (χ4v) is 9.21. The van der Waals surface area contributed by atoms with Crippen LogP contribution in [0.15, 0.2) is 73.1 Å². The fraction of sp³-hybridized carbons (Fsp3) is 0.400. The summed E-state index contributed by atoms with van der Waals surface area (Å²) in [6.07, 6.45) is 10.5. The standard InChI is InChI=1S/C45H49N9O5/c1-27-5-4-20-52(27)26-39-48-35-15-14-33(23-36(35)49-39)47-42(56)31-12-10-30(11-13-31)32-24-46-53(25-32)28(2)8-9-29-18-21-51(22-19-29)37-7-3-6-34-41(37)45(59)54(44(34)58)38-16-17-40(55)50-43(38)57/h3,6-7,10-15,23-25,27-29,38H,4-5,8-9,16-22,26H2,1-2H3,(H,47,56)(H,48,49)(H,50,55,57)/t27-,28?,38?/m0/s1. The SMILES string of the molecule is CC(CCC1CCN(c2cccc3c2C(=O)N(C2CCC(=O)NC2=O)C3=O)CC1)n1cc(-c2ccc(C(=O)Nc3ccc4[nH]c(CN5CCC[C@@H]5C)nc4c3)cc2)cn1. The molecular weight excluding hydrogens is 747 g/mol. The lowest BCUT2D eigenvalue weighted by Gasteiger charge is -2.35. The molecule has 0 aliphatic carbocycles. The molecule has 3 atom stereocenters. The molecule has 9 rings (SSSR count). The van der Waals surface area contributed by atoms with Gasteiger partial charge in [-0.05, 0) is 119 Å². The van der Waals surface area contributed by atoms with Crippen molar-refractivity contribution in [3.63, 3.8) is 0 Å². The van der Waals surface area contributed by atoms with Gasteiger partial charge in [0.1, 0.15) is 11.9 Å². The predicted molar refractivity (Wildman–Crippen MR) is 223 cm³/mol. The van der Waals surface area contributed by atoms with Gasteiger partial charge in [-0.2, -0.15) is 5.10 Å². The van der Waals surface area contributed by atoms with Gasteiger partial charge >= 0.3 is 0 Å². The van der Waals surface area contributed by atoms with E-state index < -0.39 is 29.7 Å². The molecule has 304 valence electrons. The van der Waals surface area contributed by atoms with E-state index in [1.165, 1.54) is 12.8 Å². The van der Waals surface area contributed by atoms with E-state index in [0.717, 1.165) is 90.4 Å². The van der Waals surface area contributed by atoms with Crippen LogP contribution in [0.4, 0.5) is 11.4 Å². The summed E-state index contributed by atoms with van der Waals surface area (Å²) in [5.41, 5.74) is 6.42. The molecule has 14 nitrogen and oxygen atoms in total. The molecule has 3 fully saturated rings. The van der Waals surface area contributed by atoms with Gasteiger partial charge in [0, 0.05) is 54.6 Å². The van der Waals surface area contributed by atoms with Gasteiger partial charge in [-0.1, -0.05) is 18.2 Å². The Bertz CT molecular complexity index is 2450. The van der Waals surface area contributed by atoms with E-state index >= 15 is 0 Å². The number of imide groups is 2. The molecule has 4 aliphatic heterocycles. The average molecular weight is 796 g/mol. The number of carbonyl (C=O) groups excluding carboxylic acids is 5. The number of aromatic nitrogens is 4. The number of benzene rings is 3. The molecule has 3 saturated heterocycles. The molecule has 0 saturated carbocycles. The molecule has 3 N–H and O–H groups in total. The fourth-order valence-electron chi connectivity index (χ4n) is 9.21. The Morgan fingerprint density at radius 2 is 1.75 bits per heavy atom. The van der Waals surface area contributed by atoms with E-state index in [-0.39, 0.29) is 24.8 Å². The minimum absolute atomic E-state index is 0.0891. The van der Waals surface area contributed by atoms with E-state index in [0.29, 0.717) is 34.3 Å². The van der Waals surface area contributed by atoms with Crippen molar-refractivity contribution in [1.82, 2.24) is 34.9 Å². The Hall–Kier alpha value is -6.15. The number of anilines is 2. The molecule has 5 amide bonds. The highest BCUT2D eigenvalue weighted by Crippen LogP contribution is 2.37. The first-order chi connectivity index (χ1) is 28.6. The Morgan fingerprint density at radius 1 is 0.932 bits per heavy atom. The van der Waals surface area contributed by atoms with E-state index in [1.54, 1.807) is 12.1 Å². The summed E-state index contributed by atoms with van der Waals surface area (Å²) >= 11 is 0. The zero-order valence-corrected chi connectivity index (χ0v) is 33.4. The Labute approximate surface area is 342 Å². The molecule has 5 aromatic rings. The highest BCUT2D eigenvalue weighted by molar-refractivity contribution is 6.25. The van der Waals surface area contributed by atoms with Gasteiger partial charge in [-0.3, -0.25) is 43.8 Å². The lowest BCUT2D eigenvalue weighted by Crippen LogP contribution is -2.54. The Kier molecular flexibility index (Phi) is 10.3. The van der Waals surface area contributed by atoms with E-state index in [1.807, 2.05) is 59.4 Å². The Morgan fingerprint density at radius 3 is 2.51 bits per heavy atom. The normalized spacial score (nSPS) is 20.7. The third-order valence-electron chi connectivity index (χ3n) is 12.8. The summed E-state index contributed by atoms with van der Waals surface area (Å²) in [6.45, 7) is 7.85. The number of fused-ring (bicyclic) bond motifs is 2. The number of hydrogen-bond donors (Lipinski definition) is 3. The van der Waals surface area contributed by atoms with Crippen molar-refractivity contribution in [3.05, 3.63) is 95.6 Å². The molecule has 0 bridgehead atoms. The van der Waals surface area contributed by atoms with Crippen LogP contribution in [0.25, 0.3) is 22.2 Å². The highest BCUT2D eigenvalue weighted by Gasteiger charge is 2.46. The number of rotatable bonds is 11. The molecule has 0 radical (unpaired) electrons. The van der Waals surface area contributed by atoms with Gasteiger partial charge in [0.25, 0.3) is 17.7 Å². The number of aromatic amines is 1. The maximum absolute atomic E-state index is 13.6. The van der Waals surface area contributed by atoms with Crippen LogP contribution in [0.5, 0.6) is 0 Å². The van der Waals surface area contributed by atoms with Crippen LogP contribution in [0.1, 0.15) is 108 Å². The number of nitrogens with zero attached hydrogens (tertiary/aromatic N) is 6. The predicted octanol–water partition coefficient (Wildman–Crippen LogP) is 6.32. The van der Waals surface area contributed by atoms with E-state index in [4.69, 9.17) is 4.98 Å². The Balaban J connectivity index is 0.761. The third kappa shape index (κ3) is 7.64. The maximum Gasteiger partial charge on any atom is 0.264 e. The number of amides is 5. The third-order valence-corrected chi connectivity index (χ3v) is 12.8. The molecule has 6 heterocycles. The average Bonchev–Trinajstić information content (AvgIpc) is 4.04. The van der Waals surface area contributed by atoms with Crippen LogP contribution in [0, 0.1) is 5.92 Å². The zero-order valence-electron chi connectivity index (χ0n) is 33.4. The van der Waals surface area contributed by atoms with Crippen molar-refractivity contribution in [2.75, 3.05) is 29.9 Å². The van der Waals surface area contributed by atoms with Gasteiger partial charge < -0.3 is 15.2 Å². The monoisotopic (exact) mass is 795 g/mol. The number of hydrogen-bond acceptors (Lipinski definition) is 9. The number of piperidine rings is 2. The summed E-state index contributed by atoms with van der Waals surface area (Å²) in [4.78, 5) is 78.3. The van der Waals surface area contributed by atoms with Gasteiger partial charge in [0.05, 0.1) is 40.6 Å². The minimum Gasteiger partial charge on any atom is -0.371 e.